The van der Waals surface area contributed by atoms with E-state index in [0.29, 0.717) is 22.2 Å². The SMILES string of the molecule is CC[C@H]1[C@@H](CO)ON[C@]1(C#C[Si](C(C)C)(C(C)C)C(C)C)c1ccccc1F. The minimum absolute atomic E-state index is 0.121. The molecule has 1 aromatic carbocycles. The summed E-state index contributed by atoms with van der Waals surface area (Å²) in [5.41, 5.74) is 7.81. The first-order valence-corrected chi connectivity index (χ1v) is 12.7. The molecule has 0 spiro atoms. The fourth-order valence-corrected chi connectivity index (χ4v) is 10.5. The van der Waals surface area contributed by atoms with Crippen LogP contribution in [0.25, 0.3) is 0 Å². The predicted molar refractivity (Wildman–Crippen MR) is 116 cm³/mol. The van der Waals surface area contributed by atoms with Crippen molar-refractivity contribution in [2.24, 2.45) is 5.92 Å². The summed E-state index contributed by atoms with van der Waals surface area (Å²) in [6.45, 7) is 15.5. The molecule has 0 aliphatic carbocycles. The van der Waals surface area contributed by atoms with Gasteiger partial charge in [0.25, 0.3) is 0 Å². The number of benzene rings is 1. The van der Waals surface area contributed by atoms with Crippen LogP contribution in [0.5, 0.6) is 0 Å². The summed E-state index contributed by atoms with van der Waals surface area (Å²) in [6.07, 6.45) is 0.313. The molecule has 1 aliphatic heterocycles. The Labute approximate surface area is 171 Å². The molecule has 2 N–H and O–H groups in total. The third-order valence-corrected chi connectivity index (χ3v) is 12.9. The van der Waals surface area contributed by atoms with Crippen molar-refractivity contribution in [1.82, 2.24) is 5.48 Å². The van der Waals surface area contributed by atoms with Crippen molar-refractivity contribution in [3.8, 4) is 11.5 Å². The van der Waals surface area contributed by atoms with E-state index in [9.17, 15) is 9.50 Å². The number of rotatable bonds is 6. The molecule has 0 unspecified atom stereocenters. The zero-order valence-electron chi connectivity index (χ0n) is 18.3. The maximum absolute atomic E-state index is 14.9. The molecule has 1 aliphatic rings. The van der Waals surface area contributed by atoms with Crippen LogP contribution >= 0.6 is 0 Å². The van der Waals surface area contributed by atoms with Crippen LogP contribution in [-0.2, 0) is 10.4 Å². The molecular formula is C23H36FNO2Si. The Balaban J connectivity index is 2.73. The van der Waals surface area contributed by atoms with Crippen molar-refractivity contribution in [2.75, 3.05) is 6.61 Å². The molecule has 0 saturated carbocycles. The van der Waals surface area contributed by atoms with E-state index in [2.05, 4.69) is 58.5 Å². The monoisotopic (exact) mass is 405 g/mol. The minimum Gasteiger partial charge on any atom is -0.394 e. The molecule has 1 fully saturated rings. The summed E-state index contributed by atoms with van der Waals surface area (Å²) in [6, 6.07) is 6.78. The number of hydroxylamine groups is 1. The van der Waals surface area contributed by atoms with Gasteiger partial charge in [0.2, 0.25) is 0 Å². The van der Waals surface area contributed by atoms with Crippen LogP contribution in [0.2, 0.25) is 16.6 Å². The topological polar surface area (TPSA) is 41.5 Å². The molecule has 0 aromatic heterocycles. The van der Waals surface area contributed by atoms with Crippen LogP contribution < -0.4 is 5.48 Å². The lowest BCUT2D eigenvalue weighted by atomic mass is 9.76. The van der Waals surface area contributed by atoms with Gasteiger partial charge in [0, 0.05) is 11.5 Å². The zero-order valence-corrected chi connectivity index (χ0v) is 19.3. The van der Waals surface area contributed by atoms with E-state index in [1.165, 1.54) is 6.07 Å². The highest BCUT2D eigenvalue weighted by atomic mass is 28.3. The van der Waals surface area contributed by atoms with E-state index in [1.807, 2.05) is 13.0 Å². The van der Waals surface area contributed by atoms with Gasteiger partial charge in [0.05, 0.1) is 6.61 Å². The summed E-state index contributed by atoms with van der Waals surface area (Å²) in [5, 5.41) is 9.81. The Bertz CT molecular complexity index is 703. The van der Waals surface area contributed by atoms with E-state index in [-0.39, 0.29) is 18.3 Å². The lowest BCUT2D eigenvalue weighted by molar-refractivity contribution is -0.0158. The molecule has 3 atom stereocenters. The number of aliphatic hydroxyl groups is 1. The first kappa shape index (κ1) is 23.1. The zero-order chi connectivity index (χ0) is 21.1. The molecule has 1 saturated heterocycles. The Hall–Kier alpha value is -1.19. The van der Waals surface area contributed by atoms with Crippen LogP contribution in [-0.4, -0.2) is 25.9 Å². The second kappa shape index (κ2) is 9.09. The van der Waals surface area contributed by atoms with Crippen LogP contribution in [0, 0.1) is 23.2 Å². The third-order valence-electron chi connectivity index (χ3n) is 6.64. The van der Waals surface area contributed by atoms with E-state index >= 15 is 0 Å². The summed E-state index contributed by atoms with van der Waals surface area (Å²) in [5.74, 6) is 3.09. The molecule has 1 heterocycles. The second-order valence-electron chi connectivity index (χ2n) is 8.89. The first-order valence-electron chi connectivity index (χ1n) is 10.5. The summed E-state index contributed by atoms with van der Waals surface area (Å²) >= 11 is 0. The Kier molecular flexibility index (Phi) is 7.49. The number of hydrogen-bond donors (Lipinski definition) is 2. The van der Waals surface area contributed by atoms with E-state index < -0.39 is 19.7 Å². The number of hydrogen-bond acceptors (Lipinski definition) is 3. The van der Waals surface area contributed by atoms with Gasteiger partial charge in [0.15, 0.2) is 0 Å². The average molecular weight is 406 g/mol. The van der Waals surface area contributed by atoms with Crippen molar-refractivity contribution in [2.45, 2.75) is 83.2 Å². The van der Waals surface area contributed by atoms with Crippen LogP contribution in [0.3, 0.4) is 0 Å². The van der Waals surface area contributed by atoms with Gasteiger partial charge < -0.3 is 5.11 Å². The quantitative estimate of drug-likeness (QED) is 0.507. The fourth-order valence-electron chi connectivity index (χ4n) is 5.20. The van der Waals surface area contributed by atoms with E-state index in [1.54, 1.807) is 12.1 Å². The van der Waals surface area contributed by atoms with E-state index in [4.69, 9.17) is 4.84 Å². The van der Waals surface area contributed by atoms with Crippen molar-refractivity contribution in [3.05, 3.63) is 35.6 Å². The average Bonchev–Trinajstić information content (AvgIpc) is 3.00. The molecule has 156 valence electrons. The predicted octanol–water partition coefficient (Wildman–Crippen LogP) is 5.16. The van der Waals surface area contributed by atoms with Gasteiger partial charge in [-0.15, -0.1) is 5.54 Å². The van der Waals surface area contributed by atoms with E-state index in [0.717, 1.165) is 6.42 Å². The Morgan fingerprint density at radius 2 is 1.71 bits per heavy atom. The molecule has 0 bridgehead atoms. The first-order chi connectivity index (χ1) is 13.2. The van der Waals surface area contributed by atoms with Gasteiger partial charge in [-0.2, -0.15) is 5.48 Å². The molecule has 0 radical (unpaired) electrons. The maximum Gasteiger partial charge on any atom is 0.146 e. The molecular weight excluding hydrogens is 369 g/mol. The Morgan fingerprint density at radius 3 is 2.18 bits per heavy atom. The normalized spacial score (nSPS) is 25.4. The van der Waals surface area contributed by atoms with Crippen molar-refractivity contribution in [3.63, 3.8) is 0 Å². The summed E-state index contributed by atoms with van der Waals surface area (Å²) in [7, 11) is -2.01. The van der Waals surface area contributed by atoms with Crippen molar-refractivity contribution < 1.29 is 14.3 Å². The standard InChI is InChI=1S/C23H36FNO2Si/c1-8-19-22(15-26)27-25-23(19,20-11-9-10-12-21(20)24)13-14-28(16(2)3,17(4)5)18(6)7/h9-12,16-19,22,25-26H,8,15H2,1-7H3/t19-,22+,23-/m0/s1. The van der Waals surface area contributed by atoms with Gasteiger partial charge in [-0.25, -0.2) is 4.39 Å². The lowest BCUT2D eigenvalue weighted by Crippen LogP contribution is -2.46. The molecule has 28 heavy (non-hydrogen) atoms. The molecule has 3 nitrogen and oxygen atoms in total. The molecule has 2 rings (SSSR count). The summed E-state index contributed by atoms with van der Waals surface area (Å²) < 4.78 is 14.9. The van der Waals surface area contributed by atoms with Crippen LogP contribution in [0.15, 0.2) is 24.3 Å². The number of halogens is 1. The van der Waals surface area contributed by atoms with Gasteiger partial charge >= 0.3 is 0 Å². The van der Waals surface area contributed by atoms with Crippen molar-refractivity contribution in [1.29, 1.82) is 0 Å². The van der Waals surface area contributed by atoms with Gasteiger partial charge in [0.1, 0.15) is 25.5 Å². The highest BCUT2D eigenvalue weighted by molar-refractivity contribution is 6.90. The second-order valence-corrected chi connectivity index (χ2v) is 14.5. The third kappa shape index (κ3) is 3.80. The largest absolute Gasteiger partial charge is 0.394 e. The molecule has 5 heteroatoms. The van der Waals surface area contributed by atoms with Gasteiger partial charge in [-0.1, -0.05) is 72.6 Å². The van der Waals surface area contributed by atoms with Gasteiger partial charge in [-0.05, 0) is 29.1 Å². The lowest BCUT2D eigenvalue weighted by Gasteiger charge is -2.39. The van der Waals surface area contributed by atoms with Crippen LogP contribution in [0.4, 0.5) is 4.39 Å². The Morgan fingerprint density at radius 1 is 1.14 bits per heavy atom. The minimum atomic E-state index is -2.01. The number of nitrogens with one attached hydrogen (secondary N) is 1. The molecule has 0 amide bonds. The maximum atomic E-state index is 14.9. The summed E-state index contributed by atoms with van der Waals surface area (Å²) in [4.78, 5) is 5.72. The fraction of sp³-hybridized carbons (Fsp3) is 0.652. The number of aliphatic hydroxyl groups excluding tert-OH is 1. The highest BCUT2D eigenvalue weighted by Crippen LogP contribution is 2.44. The highest BCUT2D eigenvalue weighted by Gasteiger charge is 2.51. The molecule has 1 aromatic rings. The van der Waals surface area contributed by atoms with Gasteiger partial charge in [-0.3, -0.25) is 4.84 Å². The smallest absolute Gasteiger partial charge is 0.146 e. The van der Waals surface area contributed by atoms with Crippen LogP contribution in [0.1, 0.15) is 60.5 Å². The van der Waals surface area contributed by atoms with Crippen molar-refractivity contribution >= 4 is 8.07 Å².